The molecule has 1 N–H and O–H groups in total. The number of sulfonamides is 1. The van der Waals surface area contributed by atoms with Gasteiger partial charge in [0.15, 0.2) is 5.78 Å². The summed E-state index contributed by atoms with van der Waals surface area (Å²) in [4.78, 5) is 23.8. The van der Waals surface area contributed by atoms with Crippen molar-refractivity contribution in [3.05, 3.63) is 29.8 Å². The lowest BCUT2D eigenvalue weighted by atomic mass is 9.84. The number of benzene rings is 1. The second-order valence-electron chi connectivity index (χ2n) is 8.04. The summed E-state index contributed by atoms with van der Waals surface area (Å²) in [5.74, 6) is 1.61. The van der Waals surface area contributed by atoms with Gasteiger partial charge in [-0.3, -0.25) is 9.59 Å². The quantitative estimate of drug-likeness (QED) is 0.723. The van der Waals surface area contributed by atoms with Crippen LogP contribution < -0.4 is 5.32 Å². The molecule has 27 heavy (non-hydrogen) atoms. The zero-order valence-corrected chi connectivity index (χ0v) is 17.0. The molecule has 2 aliphatic carbocycles. The van der Waals surface area contributed by atoms with Gasteiger partial charge in [-0.1, -0.05) is 18.6 Å². The molecule has 6 nitrogen and oxygen atoms in total. The number of rotatable bonds is 7. The molecule has 2 fully saturated rings. The van der Waals surface area contributed by atoms with Crippen LogP contribution in [0, 0.1) is 17.8 Å². The molecule has 0 aliphatic heterocycles. The SMILES string of the molecule is CC(=O)c1ccc(S(=O)(=O)N(C)CC(=O)N[C@@H](C)[C@H]2C[C@H]3CC[C@H]2C3)cc1. The molecule has 0 unspecified atom stereocenters. The van der Waals surface area contributed by atoms with E-state index in [1.54, 1.807) is 0 Å². The molecule has 2 aliphatic rings. The maximum absolute atomic E-state index is 12.7. The van der Waals surface area contributed by atoms with Crippen LogP contribution in [0.15, 0.2) is 29.2 Å². The predicted molar refractivity (Wildman–Crippen MR) is 103 cm³/mol. The van der Waals surface area contributed by atoms with Gasteiger partial charge in [0.25, 0.3) is 0 Å². The van der Waals surface area contributed by atoms with Crippen LogP contribution in [0.4, 0.5) is 0 Å². The van der Waals surface area contributed by atoms with Gasteiger partial charge in [-0.25, -0.2) is 8.42 Å². The Labute approximate surface area is 161 Å². The molecule has 1 aromatic rings. The Morgan fingerprint density at radius 3 is 2.37 bits per heavy atom. The molecule has 7 heteroatoms. The number of nitrogens with zero attached hydrogens (tertiary/aromatic N) is 1. The van der Waals surface area contributed by atoms with Gasteiger partial charge in [-0.15, -0.1) is 0 Å². The molecule has 1 amide bonds. The summed E-state index contributed by atoms with van der Waals surface area (Å²) in [6.07, 6.45) is 5.00. The maximum Gasteiger partial charge on any atom is 0.243 e. The number of fused-ring (bicyclic) bond motifs is 2. The highest BCUT2D eigenvalue weighted by Gasteiger charge is 2.42. The number of hydrogen-bond acceptors (Lipinski definition) is 4. The minimum Gasteiger partial charge on any atom is -0.352 e. The lowest BCUT2D eigenvalue weighted by Gasteiger charge is -2.29. The van der Waals surface area contributed by atoms with Crippen molar-refractivity contribution in [3.8, 4) is 0 Å². The van der Waals surface area contributed by atoms with Gasteiger partial charge in [0.05, 0.1) is 11.4 Å². The Hall–Kier alpha value is -1.73. The minimum atomic E-state index is -3.78. The van der Waals surface area contributed by atoms with E-state index in [1.807, 2.05) is 6.92 Å². The van der Waals surface area contributed by atoms with Crippen molar-refractivity contribution in [3.63, 3.8) is 0 Å². The minimum absolute atomic E-state index is 0.0683. The molecular formula is C20H28N2O4S. The first kappa shape index (κ1) is 20.0. The standard InChI is InChI=1S/C20H28N2O4S/c1-13(19-11-15-4-5-17(19)10-15)21-20(24)12-22(3)27(25,26)18-8-6-16(7-9-18)14(2)23/h6-9,13,15,17,19H,4-5,10-12H2,1-3H3,(H,21,24)/t13-,15-,17-,19+/m0/s1. The first-order chi connectivity index (χ1) is 12.7. The van der Waals surface area contributed by atoms with Crippen LogP contribution in [-0.4, -0.2) is 44.0 Å². The highest BCUT2D eigenvalue weighted by atomic mass is 32.2. The lowest BCUT2D eigenvalue weighted by Crippen LogP contribution is -2.45. The molecular weight excluding hydrogens is 364 g/mol. The van der Waals surface area contributed by atoms with Crippen molar-refractivity contribution >= 4 is 21.7 Å². The number of carbonyl (C=O) groups excluding carboxylic acids is 2. The van der Waals surface area contributed by atoms with E-state index in [4.69, 9.17) is 0 Å². The van der Waals surface area contributed by atoms with Crippen molar-refractivity contribution in [2.75, 3.05) is 13.6 Å². The molecule has 2 bridgehead atoms. The van der Waals surface area contributed by atoms with Gasteiger partial charge in [-0.2, -0.15) is 4.31 Å². The largest absolute Gasteiger partial charge is 0.352 e. The Bertz CT molecular complexity index is 819. The molecule has 148 valence electrons. The molecule has 0 heterocycles. The van der Waals surface area contributed by atoms with Crippen molar-refractivity contribution in [2.45, 2.75) is 50.5 Å². The summed E-state index contributed by atoms with van der Waals surface area (Å²) in [7, 11) is -2.38. The summed E-state index contributed by atoms with van der Waals surface area (Å²) in [6, 6.07) is 5.84. The average Bonchev–Trinajstić information content (AvgIpc) is 3.24. The van der Waals surface area contributed by atoms with Gasteiger partial charge < -0.3 is 5.32 Å². The zero-order chi connectivity index (χ0) is 19.8. The summed E-state index contributed by atoms with van der Waals surface area (Å²) in [6.45, 7) is 3.23. The van der Waals surface area contributed by atoms with E-state index in [-0.39, 0.29) is 29.2 Å². The third-order valence-corrected chi connectivity index (χ3v) is 7.98. The number of hydrogen-bond donors (Lipinski definition) is 1. The molecule has 0 radical (unpaired) electrons. The van der Waals surface area contributed by atoms with Crippen molar-refractivity contribution in [1.82, 2.24) is 9.62 Å². The zero-order valence-electron chi connectivity index (χ0n) is 16.1. The van der Waals surface area contributed by atoms with E-state index in [1.165, 1.54) is 63.9 Å². The second kappa shape index (κ2) is 7.72. The van der Waals surface area contributed by atoms with Crippen LogP contribution in [-0.2, 0) is 14.8 Å². The lowest BCUT2D eigenvalue weighted by molar-refractivity contribution is -0.122. The van der Waals surface area contributed by atoms with Crippen molar-refractivity contribution in [2.24, 2.45) is 17.8 Å². The number of amides is 1. The van der Waals surface area contributed by atoms with Crippen molar-refractivity contribution in [1.29, 1.82) is 0 Å². The van der Waals surface area contributed by atoms with E-state index in [0.29, 0.717) is 17.4 Å². The summed E-state index contributed by atoms with van der Waals surface area (Å²) >= 11 is 0. The molecule has 2 saturated carbocycles. The molecule has 3 rings (SSSR count). The van der Waals surface area contributed by atoms with Crippen LogP contribution in [0.1, 0.15) is 49.9 Å². The fraction of sp³-hybridized carbons (Fsp3) is 0.600. The van der Waals surface area contributed by atoms with Crippen LogP contribution in [0.3, 0.4) is 0 Å². The predicted octanol–water partition coefficient (Wildman–Crippen LogP) is 2.45. The molecule has 0 aromatic heterocycles. The molecule has 0 saturated heterocycles. The highest BCUT2D eigenvalue weighted by Crippen LogP contribution is 2.49. The summed E-state index contributed by atoms with van der Waals surface area (Å²) in [5.41, 5.74) is 0.453. The highest BCUT2D eigenvalue weighted by molar-refractivity contribution is 7.89. The van der Waals surface area contributed by atoms with Gasteiger partial charge in [0.2, 0.25) is 15.9 Å². The molecule has 0 spiro atoms. The number of likely N-dealkylation sites (N-methyl/N-ethyl adjacent to an activating group) is 1. The summed E-state index contributed by atoms with van der Waals surface area (Å²) < 4.78 is 26.4. The topological polar surface area (TPSA) is 83.6 Å². The van der Waals surface area contributed by atoms with Gasteiger partial charge in [-0.05, 0) is 63.0 Å². The van der Waals surface area contributed by atoms with E-state index < -0.39 is 10.0 Å². The summed E-state index contributed by atoms with van der Waals surface area (Å²) in [5, 5.41) is 3.00. The van der Waals surface area contributed by atoms with Crippen molar-refractivity contribution < 1.29 is 18.0 Å². The number of ketones is 1. The van der Waals surface area contributed by atoms with Crippen LogP contribution in [0.5, 0.6) is 0 Å². The van der Waals surface area contributed by atoms with E-state index in [2.05, 4.69) is 5.32 Å². The smallest absolute Gasteiger partial charge is 0.243 e. The van der Waals surface area contributed by atoms with E-state index in [9.17, 15) is 18.0 Å². The Balaban J connectivity index is 1.58. The number of carbonyl (C=O) groups is 2. The van der Waals surface area contributed by atoms with Gasteiger partial charge in [0, 0.05) is 18.7 Å². The third kappa shape index (κ3) is 4.24. The second-order valence-corrected chi connectivity index (χ2v) is 10.1. The molecule has 4 atom stereocenters. The molecule has 1 aromatic carbocycles. The maximum atomic E-state index is 12.7. The normalized spacial score (nSPS) is 25.6. The van der Waals surface area contributed by atoms with E-state index in [0.717, 1.165) is 10.2 Å². The first-order valence-electron chi connectivity index (χ1n) is 9.55. The monoisotopic (exact) mass is 392 g/mol. The van der Waals surface area contributed by atoms with Crippen LogP contribution in [0.25, 0.3) is 0 Å². The fourth-order valence-corrected chi connectivity index (χ4v) is 5.77. The first-order valence-corrected chi connectivity index (χ1v) is 11.0. The van der Waals surface area contributed by atoms with Gasteiger partial charge >= 0.3 is 0 Å². The third-order valence-electron chi connectivity index (χ3n) is 6.16. The van der Waals surface area contributed by atoms with E-state index >= 15 is 0 Å². The Morgan fingerprint density at radius 1 is 1.19 bits per heavy atom. The number of Topliss-reactive ketones (excluding diaryl/α,β-unsaturated/α-hetero) is 1. The van der Waals surface area contributed by atoms with Gasteiger partial charge in [0.1, 0.15) is 0 Å². The Morgan fingerprint density at radius 2 is 1.85 bits per heavy atom. The fourth-order valence-electron chi connectivity index (χ4n) is 4.64. The number of nitrogens with one attached hydrogen (secondary N) is 1. The Kier molecular flexibility index (Phi) is 5.72. The van der Waals surface area contributed by atoms with Crippen LogP contribution >= 0.6 is 0 Å². The van der Waals surface area contributed by atoms with Crippen LogP contribution in [0.2, 0.25) is 0 Å². The average molecular weight is 393 g/mol.